The number of nitrogens with zero attached hydrogens (tertiary/aromatic N) is 2. The molecule has 1 aromatic carbocycles. The maximum atomic E-state index is 13.8. The zero-order chi connectivity index (χ0) is 16.4. The van der Waals surface area contributed by atoms with E-state index in [1.807, 2.05) is 32.0 Å². The quantitative estimate of drug-likeness (QED) is 0.435. The van der Waals surface area contributed by atoms with E-state index < -0.39 is 0 Å². The normalized spacial score (nSPS) is 11.8. The molecular weight excluding hydrogens is 283 g/mol. The van der Waals surface area contributed by atoms with Gasteiger partial charge in [-0.3, -0.25) is 0 Å². The number of benzene rings is 1. The first-order valence-corrected chi connectivity index (χ1v) is 7.50. The number of aliphatic imine (C=N–C) groups is 1. The maximum Gasteiger partial charge on any atom is 0.191 e. The minimum atomic E-state index is -0.174. The van der Waals surface area contributed by atoms with E-state index in [0.29, 0.717) is 31.8 Å². The van der Waals surface area contributed by atoms with Gasteiger partial charge in [0.1, 0.15) is 5.82 Å². The maximum absolute atomic E-state index is 13.8. The Bertz CT molecular complexity index is 477. The summed E-state index contributed by atoms with van der Waals surface area (Å²) >= 11 is 0. The van der Waals surface area contributed by atoms with E-state index in [-0.39, 0.29) is 5.82 Å². The predicted octanol–water partition coefficient (Wildman–Crippen LogP) is 1.59. The monoisotopic (exact) mass is 310 g/mol. The molecule has 1 aromatic rings. The van der Waals surface area contributed by atoms with Gasteiger partial charge in [0.2, 0.25) is 0 Å². The molecule has 0 aliphatic heterocycles. The van der Waals surface area contributed by atoms with Crippen LogP contribution in [0, 0.1) is 5.82 Å². The lowest BCUT2D eigenvalue weighted by atomic mass is 10.1. The molecular formula is C16H27FN4O. The minimum absolute atomic E-state index is 0.174. The van der Waals surface area contributed by atoms with E-state index in [1.165, 1.54) is 6.07 Å². The molecule has 2 N–H and O–H groups in total. The van der Waals surface area contributed by atoms with Crippen LogP contribution in [0.4, 0.5) is 4.39 Å². The van der Waals surface area contributed by atoms with Gasteiger partial charge in [0.25, 0.3) is 0 Å². The summed E-state index contributed by atoms with van der Waals surface area (Å²) in [6.07, 6.45) is 0. The van der Waals surface area contributed by atoms with Crippen molar-refractivity contribution in [1.82, 2.24) is 15.5 Å². The van der Waals surface area contributed by atoms with Crippen LogP contribution in [0.1, 0.15) is 18.1 Å². The molecule has 0 heterocycles. The van der Waals surface area contributed by atoms with Crippen LogP contribution < -0.4 is 10.6 Å². The van der Waals surface area contributed by atoms with Crippen LogP contribution >= 0.6 is 0 Å². The van der Waals surface area contributed by atoms with Crippen LogP contribution in [-0.2, 0) is 17.8 Å². The Morgan fingerprint density at radius 3 is 2.73 bits per heavy atom. The Balaban J connectivity index is 2.72. The average Bonchev–Trinajstić information content (AvgIpc) is 2.47. The second-order valence-electron chi connectivity index (χ2n) is 5.28. The van der Waals surface area contributed by atoms with Crippen molar-refractivity contribution >= 4 is 5.96 Å². The summed E-state index contributed by atoms with van der Waals surface area (Å²) in [6, 6.07) is 5.16. The molecule has 0 aliphatic rings. The van der Waals surface area contributed by atoms with E-state index in [1.54, 1.807) is 13.2 Å². The van der Waals surface area contributed by atoms with Crippen LogP contribution in [0.3, 0.4) is 0 Å². The molecule has 0 amide bonds. The van der Waals surface area contributed by atoms with Gasteiger partial charge in [-0.05, 0) is 38.7 Å². The summed E-state index contributed by atoms with van der Waals surface area (Å²) in [5.41, 5.74) is 1.68. The molecule has 1 rings (SSSR count). The molecule has 5 nitrogen and oxygen atoms in total. The first kappa shape index (κ1) is 18.4. The molecule has 0 atom stereocenters. The van der Waals surface area contributed by atoms with E-state index in [4.69, 9.17) is 4.74 Å². The van der Waals surface area contributed by atoms with Crippen molar-refractivity contribution in [2.24, 2.45) is 4.99 Å². The van der Waals surface area contributed by atoms with Crippen molar-refractivity contribution in [1.29, 1.82) is 0 Å². The molecule has 0 aliphatic carbocycles. The lowest BCUT2D eigenvalue weighted by molar-refractivity contribution is 0.203. The number of methoxy groups -OCH3 is 1. The fourth-order valence-electron chi connectivity index (χ4n) is 1.97. The van der Waals surface area contributed by atoms with Crippen LogP contribution in [0.5, 0.6) is 0 Å². The van der Waals surface area contributed by atoms with Crippen molar-refractivity contribution < 1.29 is 9.13 Å². The first-order chi connectivity index (χ1) is 10.6. The topological polar surface area (TPSA) is 48.9 Å². The Hall–Kier alpha value is -1.66. The van der Waals surface area contributed by atoms with Gasteiger partial charge >= 0.3 is 0 Å². The second kappa shape index (κ2) is 10.1. The summed E-state index contributed by atoms with van der Waals surface area (Å²) < 4.78 is 18.8. The van der Waals surface area contributed by atoms with Gasteiger partial charge in [0, 0.05) is 32.3 Å². The van der Waals surface area contributed by atoms with Gasteiger partial charge in [0.05, 0.1) is 13.2 Å². The summed E-state index contributed by atoms with van der Waals surface area (Å²) in [4.78, 5) is 6.45. The number of nitrogens with one attached hydrogen (secondary N) is 2. The van der Waals surface area contributed by atoms with Gasteiger partial charge in [0.15, 0.2) is 5.96 Å². The van der Waals surface area contributed by atoms with E-state index in [0.717, 1.165) is 18.1 Å². The molecule has 0 fully saturated rings. The van der Waals surface area contributed by atoms with Crippen LogP contribution in [0.15, 0.2) is 23.2 Å². The highest BCUT2D eigenvalue weighted by molar-refractivity contribution is 5.79. The predicted molar refractivity (Wildman–Crippen MR) is 88.5 cm³/mol. The highest BCUT2D eigenvalue weighted by Gasteiger charge is 2.05. The molecule has 22 heavy (non-hydrogen) atoms. The standard InChI is InChI=1S/C16H27FN4O/c1-5-18-16(19-8-9-22-4)20-11-13-6-7-15(17)14(10-13)12-21(2)3/h6-7,10H,5,8-9,11-12H2,1-4H3,(H2,18,19,20). The Morgan fingerprint density at radius 1 is 1.32 bits per heavy atom. The highest BCUT2D eigenvalue weighted by atomic mass is 19.1. The SMILES string of the molecule is CCNC(=NCc1ccc(F)c(CN(C)C)c1)NCCOC. The third kappa shape index (κ3) is 6.87. The number of ether oxygens (including phenoxy) is 1. The number of guanidine groups is 1. The van der Waals surface area contributed by atoms with Gasteiger partial charge in [-0.2, -0.15) is 0 Å². The number of hydrogen-bond acceptors (Lipinski definition) is 3. The van der Waals surface area contributed by atoms with Crippen LogP contribution in [0.25, 0.3) is 0 Å². The Morgan fingerprint density at radius 2 is 2.09 bits per heavy atom. The summed E-state index contributed by atoms with van der Waals surface area (Å²) in [6.45, 7) is 5.19. The van der Waals surface area contributed by atoms with E-state index >= 15 is 0 Å². The molecule has 0 aromatic heterocycles. The highest BCUT2D eigenvalue weighted by Crippen LogP contribution is 2.13. The lowest BCUT2D eigenvalue weighted by Crippen LogP contribution is -2.38. The fourth-order valence-corrected chi connectivity index (χ4v) is 1.97. The summed E-state index contributed by atoms with van der Waals surface area (Å²) in [5, 5.41) is 6.35. The summed E-state index contributed by atoms with van der Waals surface area (Å²) in [7, 11) is 5.51. The van der Waals surface area contributed by atoms with Crippen molar-refractivity contribution in [2.45, 2.75) is 20.0 Å². The Labute approximate surface area is 132 Å². The van der Waals surface area contributed by atoms with Crippen molar-refractivity contribution in [2.75, 3.05) is 40.9 Å². The zero-order valence-electron chi connectivity index (χ0n) is 13.9. The molecule has 0 spiro atoms. The van der Waals surface area contributed by atoms with Crippen LogP contribution in [-0.4, -0.2) is 51.8 Å². The van der Waals surface area contributed by atoms with Crippen LogP contribution in [0.2, 0.25) is 0 Å². The van der Waals surface area contributed by atoms with Crippen molar-refractivity contribution in [3.05, 3.63) is 35.1 Å². The zero-order valence-corrected chi connectivity index (χ0v) is 13.9. The number of rotatable bonds is 8. The second-order valence-corrected chi connectivity index (χ2v) is 5.28. The first-order valence-electron chi connectivity index (χ1n) is 7.50. The molecule has 6 heteroatoms. The molecule has 0 saturated heterocycles. The fraction of sp³-hybridized carbons (Fsp3) is 0.562. The molecule has 0 unspecified atom stereocenters. The molecule has 124 valence electrons. The summed E-state index contributed by atoms with van der Waals surface area (Å²) in [5.74, 6) is 0.560. The smallest absolute Gasteiger partial charge is 0.191 e. The van der Waals surface area contributed by atoms with Gasteiger partial charge in [-0.15, -0.1) is 0 Å². The van der Waals surface area contributed by atoms with Crippen molar-refractivity contribution in [3.63, 3.8) is 0 Å². The minimum Gasteiger partial charge on any atom is -0.383 e. The largest absolute Gasteiger partial charge is 0.383 e. The third-order valence-corrected chi connectivity index (χ3v) is 2.96. The number of hydrogen-bond donors (Lipinski definition) is 2. The average molecular weight is 310 g/mol. The molecule has 0 radical (unpaired) electrons. The van der Waals surface area contributed by atoms with Crippen molar-refractivity contribution in [3.8, 4) is 0 Å². The molecule has 0 bridgehead atoms. The lowest BCUT2D eigenvalue weighted by Gasteiger charge is -2.13. The van der Waals surface area contributed by atoms with Gasteiger partial charge in [-0.1, -0.05) is 6.07 Å². The number of halogens is 1. The molecule has 0 saturated carbocycles. The van der Waals surface area contributed by atoms with Gasteiger partial charge in [-0.25, -0.2) is 9.38 Å². The van der Waals surface area contributed by atoms with E-state index in [9.17, 15) is 4.39 Å². The van der Waals surface area contributed by atoms with Gasteiger partial charge < -0.3 is 20.3 Å². The Kier molecular flexibility index (Phi) is 8.47. The van der Waals surface area contributed by atoms with E-state index in [2.05, 4.69) is 15.6 Å². The third-order valence-electron chi connectivity index (χ3n) is 2.96.